The average Bonchev–Trinajstić information content (AvgIpc) is 2.84. The Bertz CT molecular complexity index is 864. The molecule has 0 radical (unpaired) electrons. The predicted octanol–water partition coefficient (Wildman–Crippen LogP) is 4.35. The molecule has 0 saturated carbocycles. The Hall–Kier alpha value is -2.27. The van der Waals surface area contributed by atoms with Crippen molar-refractivity contribution in [3.63, 3.8) is 0 Å². The van der Waals surface area contributed by atoms with Crippen molar-refractivity contribution in [3.8, 4) is 17.1 Å². The third-order valence-electron chi connectivity index (χ3n) is 3.60. The average molecular weight is 299 g/mol. The molecular formula is C16H14FN3S. The Balaban J connectivity index is 2.31. The molecule has 1 heterocycles. The molecule has 21 heavy (non-hydrogen) atoms. The molecular weight excluding hydrogens is 285 g/mol. The molecule has 1 N–H and O–H groups in total. The summed E-state index contributed by atoms with van der Waals surface area (Å²) in [4.78, 5) is 0. The lowest BCUT2D eigenvalue weighted by Gasteiger charge is -2.12. The number of benzene rings is 2. The molecule has 0 spiro atoms. The van der Waals surface area contributed by atoms with Crippen molar-refractivity contribution in [2.24, 2.45) is 0 Å². The van der Waals surface area contributed by atoms with Crippen molar-refractivity contribution in [2.75, 3.05) is 0 Å². The summed E-state index contributed by atoms with van der Waals surface area (Å²) in [5.74, 6) is 0.157. The standard InChI is InChI=1S/C16H14FN3S/c1-10-6-5-9-14(11(10)2)20-15(18-19-16(20)21)12-7-3-4-8-13(12)17/h3-9H,1-2H3,(H,19,21). The van der Waals surface area contributed by atoms with E-state index in [2.05, 4.69) is 10.2 Å². The summed E-state index contributed by atoms with van der Waals surface area (Å²) in [6.45, 7) is 4.05. The third kappa shape index (κ3) is 2.29. The number of aryl methyl sites for hydroxylation is 1. The number of halogens is 1. The van der Waals surface area contributed by atoms with Crippen LogP contribution in [0.15, 0.2) is 42.5 Å². The minimum atomic E-state index is -0.321. The van der Waals surface area contributed by atoms with E-state index in [0.29, 0.717) is 16.2 Å². The highest BCUT2D eigenvalue weighted by atomic mass is 32.1. The van der Waals surface area contributed by atoms with Crippen LogP contribution in [0.2, 0.25) is 0 Å². The Labute approximate surface area is 127 Å². The Morgan fingerprint density at radius 1 is 1.10 bits per heavy atom. The Morgan fingerprint density at radius 2 is 1.86 bits per heavy atom. The van der Waals surface area contributed by atoms with Crippen molar-refractivity contribution in [3.05, 3.63) is 64.2 Å². The molecule has 0 aliphatic carbocycles. The van der Waals surface area contributed by atoms with Crippen LogP contribution in [0.4, 0.5) is 4.39 Å². The molecule has 106 valence electrons. The quantitative estimate of drug-likeness (QED) is 0.714. The van der Waals surface area contributed by atoms with Gasteiger partial charge in [0.25, 0.3) is 0 Å². The molecule has 0 aliphatic rings. The minimum absolute atomic E-state index is 0.321. The molecule has 0 saturated heterocycles. The van der Waals surface area contributed by atoms with Crippen LogP contribution in [-0.2, 0) is 0 Å². The molecule has 3 rings (SSSR count). The van der Waals surface area contributed by atoms with Crippen LogP contribution in [0, 0.1) is 24.4 Å². The molecule has 0 atom stereocenters. The van der Waals surface area contributed by atoms with Gasteiger partial charge in [-0.25, -0.2) is 4.39 Å². The van der Waals surface area contributed by atoms with Gasteiger partial charge in [0.05, 0.1) is 11.3 Å². The summed E-state index contributed by atoms with van der Waals surface area (Å²) in [6.07, 6.45) is 0. The van der Waals surface area contributed by atoms with Crippen molar-refractivity contribution in [2.45, 2.75) is 13.8 Å². The van der Waals surface area contributed by atoms with Gasteiger partial charge in [-0.1, -0.05) is 24.3 Å². The molecule has 0 aliphatic heterocycles. The first-order chi connectivity index (χ1) is 10.1. The number of hydrogen-bond donors (Lipinski definition) is 1. The van der Waals surface area contributed by atoms with E-state index in [-0.39, 0.29) is 5.82 Å². The summed E-state index contributed by atoms with van der Waals surface area (Å²) in [5, 5.41) is 6.96. The van der Waals surface area contributed by atoms with Crippen molar-refractivity contribution in [1.29, 1.82) is 0 Å². The first-order valence-electron chi connectivity index (χ1n) is 6.58. The Kier molecular flexibility index (Phi) is 3.43. The SMILES string of the molecule is Cc1cccc(-n2c(-c3ccccc3F)n[nH]c2=S)c1C. The fourth-order valence-electron chi connectivity index (χ4n) is 2.32. The van der Waals surface area contributed by atoms with E-state index < -0.39 is 0 Å². The maximum Gasteiger partial charge on any atom is 0.200 e. The largest absolute Gasteiger partial charge is 0.268 e. The zero-order valence-corrected chi connectivity index (χ0v) is 12.5. The van der Waals surface area contributed by atoms with E-state index in [1.165, 1.54) is 6.07 Å². The molecule has 3 aromatic rings. The second kappa shape index (κ2) is 5.26. The van der Waals surface area contributed by atoms with Gasteiger partial charge in [0.2, 0.25) is 0 Å². The molecule has 0 unspecified atom stereocenters. The first kappa shape index (κ1) is 13.7. The highest BCUT2D eigenvalue weighted by molar-refractivity contribution is 7.71. The van der Waals surface area contributed by atoms with E-state index in [1.54, 1.807) is 22.8 Å². The monoisotopic (exact) mass is 299 g/mol. The molecule has 3 nitrogen and oxygen atoms in total. The summed E-state index contributed by atoms with van der Waals surface area (Å²) >= 11 is 5.32. The smallest absolute Gasteiger partial charge is 0.200 e. The topological polar surface area (TPSA) is 33.6 Å². The maximum absolute atomic E-state index is 14.1. The van der Waals surface area contributed by atoms with Crippen molar-refractivity contribution < 1.29 is 4.39 Å². The van der Waals surface area contributed by atoms with E-state index in [4.69, 9.17) is 12.2 Å². The number of nitrogens with one attached hydrogen (secondary N) is 1. The molecule has 1 aromatic heterocycles. The normalized spacial score (nSPS) is 10.8. The van der Waals surface area contributed by atoms with Gasteiger partial charge < -0.3 is 0 Å². The van der Waals surface area contributed by atoms with Crippen molar-refractivity contribution >= 4 is 12.2 Å². The lowest BCUT2D eigenvalue weighted by atomic mass is 10.1. The van der Waals surface area contributed by atoms with E-state index >= 15 is 0 Å². The number of hydrogen-bond acceptors (Lipinski definition) is 2. The van der Waals surface area contributed by atoms with Gasteiger partial charge in [-0.2, -0.15) is 5.10 Å². The van der Waals surface area contributed by atoms with Gasteiger partial charge in [0.1, 0.15) is 5.82 Å². The van der Waals surface area contributed by atoms with Crippen LogP contribution < -0.4 is 0 Å². The highest BCUT2D eigenvalue weighted by Gasteiger charge is 2.15. The third-order valence-corrected chi connectivity index (χ3v) is 3.88. The summed E-state index contributed by atoms with van der Waals surface area (Å²) < 4.78 is 16.3. The van der Waals surface area contributed by atoms with Crippen LogP contribution in [-0.4, -0.2) is 14.8 Å². The second-order valence-electron chi connectivity index (χ2n) is 4.89. The Morgan fingerprint density at radius 3 is 2.62 bits per heavy atom. The van der Waals surface area contributed by atoms with Gasteiger partial charge in [0, 0.05) is 0 Å². The van der Waals surface area contributed by atoms with Gasteiger partial charge in [-0.05, 0) is 55.4 Å². The second-order valence-corrected chi connectivity index (χ2v) is 5.27. The van der Waals surface area contributed by atoms with Crippen LogP contribution in [0.5, 0.6) is 0 Å². The van der Waals surface area contributed by atoms with Crippen LogP contribution in [0.1, 0.15) is 11.1 Å². The number of nitrogens with zero attached hydrogens (tertiary/aromatic N) is 2. The molecule has 5 heteroatoms. The molecule has 0 amide bonds. The lowest BCUT2D eigenvalue weighted by Crippen LogP contribution is -2.02. The summed E-state index contributed by atoms with van der Waals surface area (Å²) in [6, 6.07) is 12.5. The molecule has 0 bridgehead atoms. The fourth-order valence-corrected chi connectivity index (χ4v) is 2.55. The van der Waals surface area contributed by atoms with Gasteiger partial charge in [0.15, 0.2) is 10.6 Å². The number of aromatic amines is 1. The number of rotatable bonds is 2. The van der Waals surface area contributed by atoms with Crippen LogP contribution in [0.3, 0.4) is 0 Å². The number of H-pyrrole nitrogens is 1. The van der Waals surface area contributed by atoms with Crippen LogP contribution in [0.25, 0.3) is 17.1 Å². The zero-order chi connectivity index (χ0) is 15.0. The number of aromatic nitrogens is 3. The minimum Gasteiger partial charge on any atom is -0.268 e. The van der Waals surface area contributed by atoms with Crippen molar-refractivity contribution in [1.82, 2.24) is 14.8 Å². The van der Waals surface area contributed by atoms with E-state index in [9.17, 15) is 4.39 Å². The predicted molar refractivity (Wildman–Crippen MR) is 83.6 cm³/mol. The first-order valence-corrected chi connectivity index (χ1v) is 6.99. The van der Waals surface area contributed by atoms with Crippen LogP contribution >= 0.6 is 12.2 Å². The maximum atomic E-state index is 14.1. The zero-order valence-electron chi connectivity index (χ0n) is 11.7. The highest BCUT2D eigenvalue weighted by Crippen LogP contribution is 2.26. The van der Waals surface area contributed by atoms with Gasteiger partial charge >= 0.3 is 0 Å². The van der Waals surface area contributed by atoms with Gasteiger partial charge in [-0.15, -0.1) is 0 Å². The summed E-state index contributed by atoms with van der Waals surface area (Å²) in [5.41, 5.74) is 3.57. The lowest BCUT2D eigenvalue weighted by molar-refractivity contribution is 0.629. The van der Waals surface area contributed by atoms with E-state index in [0.717, 1.165) is 16.8 Å². The fraction of sp³-hybridized carbons (Fsp3) is 0.125. The summed E-state index contributed by atoms with van der Waals surface area (Å²) in [7, 11) is 0. The molecule has 0 fully saturated rings. The molecule has 2 aromatic carbocycles. The van der Waals surface area contributed by atoms with Gasteiger partial charge in [-0.3, -0.25) is 9.67 Å². The van der Waals surface area contributed by atoms with E-state index in [1.807, 2.05) is 32.0 Å².